The summed E-state index contributed by atoms with van der Waals surface area (Å²) in [6.45, 7) is 9.30. The predicted octanol–water partition coefficient (Wildman–Crippen LogP) is 2.81. The van der Waals surface area contributed by atoms with E-state index < -0.39 is 0 Å². The number of nitrogens with one attached hydrogen (secondary N) is 1. The van der Waals surface area contributed by atoms with E-state index in [4.69, 9.17) is 4.74 Å². The third-order valence-electron chi connectivity index (χ3n) is 2.74. The van der Waals surface area contributed by atoms with Crippen molar-refractivity contribution >= 4 is 11.3 Å². The predicted molar refractivity (Wildman–Crippen MR) is 81.0 cm³/mol. The molecule has 0 aliphatic carbocycles. The fourth-order valence-corrected chi connectivity index (χ4v) is 2.58. The van der Waals surface area contributed by atoms with E-state index in [1.807, 2.05) is 6.92 Å². The van der Waals surface area contributed by atoms with Crippen LogP contribution in [0, 0.1) is 6.92 Å². The number of hydrogen-bond donors (Lipinski definition) is 1. The molecule has 2 heterocycles. The first-order chi connectivity index (χ1) is 9.39. The van der Waals surface area contributed by atoms with Crippen molar-refractivity contribution in [3.05, 3.63) is 23.0 Å². The van der Waals surface area contributed by atoms with E-state index in [0.29, 0.717) is 5.88 Å². The van der Waals surface area contributed by atoms with Crippen LogP contribution in [-0.4, -0.2) is 27.6 Å². The smallest absolute Gasteiger partial charge is 0.216 e. The van der Waals surface area contributed by atoms with E-state index in [1.54, 1.807) is 24.5 Å². The van der Waals surface area contributed by atoms with Crippen molar-refractivity contribution in [1.82, 2.24) is 20.3 Å². The van der Waals surface area contributed by atoms with Gasteiger partial charge in [-0.15, -0.1) is 11.3 Å². The number of methoxy groups -OCH3 is 1. The molecule has 0 aliphatic rings. The van der Waals surface area contributed by atoms with E-state index >= 15 is 0 Å². The molecule has 2 rings (SSSR count). The van der Waals surface area contributed by atoms with Crippen molar-refractivity contribution in [2.24, 2.45) is 0 Å². The molecule has 5 nitrogen and oxygen atoms in total. The van der Waals surface area contributed by atoms with Gasteiger partial charge in [0, 0.05) is 23.0 Å². The Morgan fingerprint density at radius 3 is 2.70 bits per heavy atom. The fourth-order valence-electron chi connectivity index (χ4n) is 1.62. The highest BCUT2D eigenvalue weighted by Gasteiger charge is 2.14. The van der Waals surface area contributed by atoms with E-state index in [2.05, 4.69) is 41.0 Å². The van der Waals surface area contributed by atoms with Gasteiger partial charge >= 0.3 is 0 Å². The average molecular weight is 292 g/mol. The SMILES string of the molecule is COc1cc(-c2nc(C)c(CNC(C)(C)C)s2)ncn1. The number of hydrogen-bond acceptors (Lipinski definition) is 6. The summed E-state index contributed by atoms with van der Waals surface area (Å²) in [6, 6.07) is 1.80. The second kappa shape index (κ2) is 5.85. The molecule has 0 radical (unpaired) electrons. The molecule has 0 bridgehead atoms. The van der Waals surface area contributed by atoms with Gasteiger partial charge in [0.1, 0.15) is 17.0 Å². The molecule has 0 amide bonds. The Morgan fingerprint density at radius 2 is 2.05 bits per heavy atom. The molecule has 108 valence electrons. The van der Waals surface area contributed by atoms with Gasteiger partial charge in [0.25, 0.3) is 0 Å². The van der Waals surface area contributed by atoms with E-state index in [9.17, 15) is 0 Å². The van der Waals surface area contributed by atoms with Crippen molar-refractivity contribution < 1.29 is 4.74 Å². The zero-order valence-corrected chi connectivity index (χ0v) is 13.3. The van der Waals surface area contributed by atoms with E-state index in [1.165, 1.54) is 11.2 Å². The van der Waals surface area contributed by atoms with Crippen LogP contribution in [0.3, 0.4) is 0 Å². The molecule has 0 aliphatic heterocycles. The normalized spacial score (nSPS) is 11.7. The molecule has 0 unspecified atom stereocenters. The fraction of sp³-hybridized carbons (Fsp3) is 0.500. The van der Waals surface area contributed by atoms with Crippen molar-refractivity contribution in [3.8, 4) is 16.6 Å². The second-order valence-electron chi connectivity index (χ2n) is 5.58. The largest absolute Gasteiger partial charge is 0.481 e. The molecular weight excluding hydrogens is 272 g/mol. The molecule has 20 heavy (non-hydrogen) atoms. The number of aryl methyl sites for hydroxylation is 1. The van der Waals surface area contributed by atoms with Gasteiger partial charge in [-0.25, -0.2) is 15.0 Å². The summed E-state index contributed by atoms with van der Waals surface area (Å²) in [4.78, 5) is 14.1. The minimum Gasteiger partial charge on any atom is -0.481 e. The van der Waals surface area contributed by atoms with Crippen molar-refractivity contribution in [2.45, 2.75) is 39.8 Å². The van der Waals surface area contributed by atoms with E-state index in [-0.39, 0.29) is 5.54 Å². The topological polar surface area (TPSA) is 59.9 Å². The van der Waals surface area contributed by atoms with Crippen molar-refractivity contribution in [2.75, 3.05) is 7.11 Å². The molecule has 6 heteroatoms. The molecule has 2 aromatic rings. The monoisotopic (exact) mass is 292 g/mol. The lowest BCUT2D eigenvalue weighted by molar-refractivity contribution is 0.397. The lowest BCUT2D eigenvalue weighted by Crippen LogP contribution is -2.34. The highest BCUT2D eigenvalue weighted by molar-refractivity contribution is 7.15. The summed E-state index contributed by atoms with van der Waals surface area (Å²) in [5.41, 5.74) is 1.93. The van der Waals surface area contributed by atoms with Crippen LogP contribution in [-0.2, 0) is 6.54 Å². The van der Waals surface area contributed by atoms with Crippen LogP contribution >= 0.6 is 11.3 Å². The van der Waals surface area contributed by atoms with Crippen molar-refractivity contribution in [3.63, 3.8) is 0 Å². The number of nitrogens with zero attached hydrogens (tertiary/aromatic N) is 3. The lowest BCUT2D eigenvalue weighted by Gasteiger charge is -2.19. The summed E-state index contributed by atoms with van der Waals surface area (Å²) in [6.07, 6.45) is 1.50. The third kappa shape index (κ3) is 3.74. The average Bonchev–Trinajstić information content (AvgIpc) is 2.77. The Kier molecular flexibility index (Phi) is 4.35. The highest BCUT2D eigenvalue weighted by Crippen LogP contribution is 2.27. The maximum atomic E-state index is 5.12. The summed E-state index contributed by atoms with van der Waals surface area (Å²) >= 11 is 1.65. The Balaban J connectivity index is 2.22. The Hall–Kier alpha value is -1.53. The number of rotatable bonds is 4. The Bertz CT molecular complexity index is 589. The molecular formula is C14H20N4OS. The van der Waals surface area contributed by atoms with Gasteiger partial charge in [-0.2, -0.15) is 0 Å². The Morgan fingerprint density at radius 1 is 1.30 bits per heavy atom. The third-order valence-corrected chi connectivity index (χ3v) is 3.92. The first kappa shape index (κ1) is 14.9. The summed E-state index contributed by atoms with van der Waals surface area (Å²) in [7, 11) is 1.60. The molecule has 2 aromatic heterocycles. The zero-order valence-electron chi connectivity index (χ0n) is 12.5. The standard InChI is InChI=1S/C14H20N4OS/c1-9-11(7-17-14(2,3)4)20-13(18-9)10-6-12(19-5)16-8-15-10/h6,8,17H,7H2,1-5H3. The molecule has 1 N–H and O–H groups in total. The van der Waals surface area contributed by atoms with Crippen molar-refractivity contribution in [1.29, 1.82) is 0 Å². The summed E-state index contributed by atoms with van der Waals surface area (Å²) in [5.74, 6) is 0.553. The summed E-state index contributed by atoms with van der Waals surface area (Å²) in [5, 5.41) is 4.38. The first-order valence-corrected chi connectivity index (χ1v) is 7.28. The molecule has 0 spiro atoms. The molecule has 0 atom stereocenters. The van der Waals surface area contributed by atoms with Crippen LogP contribution in [0.15, 0.2) is 12.4 Å². The number of ether oxygens (including phenoxy) is 1. The van der Waals surface area contributed by atoms with Gasteiger partial charge in [0.05, 0.1) is 12.8 Å². The maximum absolute atomic E-state index is 5.12. The van der Waals surface area contributed by atoms with Gasteiger partial charge in [-0.3, -0.25) is 0 Å². The molecule has 0 aromatic carbocycles. The minimum atomic E-state index is 0.0920. The molecule has 0 saturated heterocycles. The quantitative estimate of drug-likeness (QED) is 0.939. The van der Waals surface area contributed by atoms with Crippen LogP contribution < -0.4 is 10.1 Å². The first-order valence-electron chi connectivity index (χ1n) is 6.47. The van der Waals surface area contributed by atoms with Gasteiger partial charge in [-0.05, 0) is 27.7 Å². The Labute approximate surface area is 123 Å². The van der Waals surface area contributed by atoms with Gasteiger partial charge < -0.3 is 10.1 Å². The molecule has 0 saturated carbocycles. The van der Waals surface area contributed by atoms with Gasteiger partial charge in [-0.1, -0.05) is 0 Å². The van der Waals surface area contributed by atoms with Crippen LogP contribution in [0.2, 0.25) is 0 Å². The molecule has 0 fully saturated rings. The van der Waals surface area contributed by atoms with Crippen LogP contribution in [0.25, 0.3) is 10.7 Å². The van der Waals surface area contributed by atoms with Crippen LogP contribution in [0.5, 0.6) is 5.88 Å². The zero-order chi connectivity index (χ0) is 14.8. The van der Waals surface area contributed by atoms with Gasteiger partial charge in [0.2, 0.25) is 5.88 Å². The highest BCUT2D eigenvalue weighted by atomic mass is 32.1. The lowest BCUT2D eigenvalue weighted by atomic mass is 10.1. The second-order valence-corrected chi connectivity index (χ2v) is 6.66. The number of aromatic nitrogens is 3. The van der Waals surface area contributed by atoms with Crippen LogP contribution in [0.1, 0.15) is 31.3 Å². The maximum Gasteiger partial charge on any atom is 0.216 e. The van der Waals surface area contributed by atoms with Gasteiger partial charge in [0.15, 0.2) is 0 Å². The summed E-state index contributed by atoms with van der Waals surface area (Å²) < 4.78 is 5.12. The van der Waals surface area contributed by atoms with Crippen LogP contribution in [0.4, 0.5) is 0 Å². The van der Waals surface area contributed by atoms with E-state index in [0.717, 1.165) is 22.9 Å². The number of thiazole rings is 1. The minimum absolute atomic E-state index is 0.0920.